The van der Waals surface area contributed by atoms with Crippen LogP contribution in [-0.4, -0.2) is 47.9 Å². The van der Waals surface area contributed by atoms with E-state index in [1.807, 2.05) is 11.8 Å². The lowest BCUT2D eigenvalue weighted by molar-refractivity contribution is -0.145. The maximum Gasteiger partial charge on any atom is 0.308 e. The molecule has 0 heterocycles. The number of carbonyl (C=O) groups excluding carboxylic acids is 1. The van der Waals surface area contributed by atoms with Crippen molar-refractivity contribution in [3.63, 3.8) is 0 Å². The van der Waals surface area contributed by atoms with Gasteiger partial charge in [-0.05, 0) is 32.4 Å². The summed E-state index contributed by atoms with van der Waals surface area (Å²) in [5.74, 6) is -0.324. The summed E-state index contributed by atoms with van der Waals surface area (Å²) in [5, 5.41) is 13.7. The molecule has 3 atom stereocenters. The molecule has 1 aliphatic rings. The number of nitrogens with one attached hydrogen (secondary N) is 1. The van der Waals surface area contributed by atoms with Gasteiger partial charge in [-0.1, -0.05) is 0 Å². The van der Waals surface area contributed by atoms with E-state index in [2.05, 4.69) is 11.6 Å². The van der Waals surface area contributed by atoms with Gasteiger partial charge in [-0.3, -0.25) is 4.79 Å². The second kappa shape index (κ2) is 7.95. The molecule has 5 heteroatoms. The number of aliphatic hydroxyl groups excluding tert-OH is 1. The second-order valence-corrected chi connectivity index (χ2v) is 5.58. The van der Waals surface area contributed by atoms with E-state index in [1.165, 1.54) is 6.42 Å². The zero-order valence-electron chi connectivity index (χ0n) is 10.6. The number of aliphatic hydroxyl groups is 1. The van der Waals surface area contributed by atoms with E-state index in [1.54, 1.807) is 6.92 Å². The Morgan fingerprint density at radius 2 is 2.35 bits per heavy atom. The predicted molar refractivity (Wildman–Crippen MR) is 70.2 cm³/mol. The van der Waals surface area contributed by atoms with Gasteiger partial charge in [-0.25, -0.2) is 0 Å². The van der Waals surface area contributed by atoms with Crippen molar-refractivity contribution in [3.8, 4) is 0 Å². The van der Waals surface area contributed by atoms with Crippen LogP contribution in [0.5, 0.6) is 0 Å². The van der Waals surface area contributed by atoms with Crippen LogP contribution in [0.3, 0.4) is 0 Å². The molecule has 0 radical (unpaired) electrons. The molecule has 0 aromatic heterocycles. The molecule has 1 fully saturated rings. The first kappa shape index (κ1) is 14.8. The molecule has 3 unspecified atom stereocenters. The molecule has 0 spiro atoms. The molecule has 0 amide bonds. The molecule has 0 aliphatic heterocycles. The highest BCUT2D eigenvalue weighted by Gasteiger charge is 2.24. The van der Waals surface area contributed by atoms with Crippen molar-refractivity contribution in [1.82, 2.24) is 5.32 Å². The first-order chi connectivity index (χ1) is 8.15. The van der Waals surface area contributed by atoms with Crippen molar-refractivity contribution in [1.29, 1.82) is 0 Å². The Kier molecular flexibility index (Phi) is 6.92. The van der Waals surface area contributed by atoms with Crippen molar-refractivity contribution >= 4 is 17.7 Å². The summed E-state index contributed by atoms with van der Waals surface area (Å²) in [4.78, 5) is 11.1. The van der Waals surface area contributed by atoms with Crippen molar-refractivity contribution in [2.75, 3.05) is 19.4 Å². The van der Waals surface area contributed by atoms with Gasteiger partial charge < -0.3 is 15.2 Å². The van der Waals surface area contributed by atoms with Crippen LogP contribution in [0.4, 0.5) is 0 Å². The van der Waals surface area contributed by atoms with E-state index in [-0.39, 0.29) is 12.4 Å². The fourth-order valence-corrected chi connectivity index (χ4v) is 2.92. The highest BCUT2D eigenvalue weighted by molar-refractivity contribution is 7.99. The number of esters is 1. The molecule has 100 valence electrons. The average Bonchev–Trinajstić information content (AvgIpc) is 2.74. The third-order valence-corrected chi connectivity index (χ3v) is 4.16. The van der Waals surface area contributed by atoms with Crippen LogP contribution in [-0.2, 0) is 9.53 Å². The quantitative estimate of drug-likeness (QED) is 0.674. The molecule has 0 aromatic carbocycles. The maximum absolute atomic E-state index is 11.1. The summed E-state index contributed by atoms with van der Waals surface area (Å²) < 4.78 is 4.79. The van der Waals surface area contributed by atoms with Crippen LogP contribution in [0.25, 0.3) is 0 Å². The monoisotopic (exact) mass is 261 g/mol. The Labute approximate surface area is 107 Å². The third kappa shape index (κ3) is 5.75. The SMILES string of the molecule is CCOC(=O)CC(O)CNC1CCC(SC)C1. The van der Waals surface area contributed by atoms with E-state index in [9.17, 15) is 9.90 Å². The fourth-order valence-electron chi connectivity index (χ4n) is 2.13. The molecule has 2 N–H and O–H groups in total. The van der Waals surface area contributed by atoms with Gasteiger partial charge in [0.15, 0.2) is 0 Å². The van der Waals surface area contributed by atoms with Crippen LogP contribution in [0.2, 0.25) is 0 Å². The van der Waals surface area contributed by atoms with E-state index in [4.69, 9.17) is 4.74 Å². The van der Waals surface area contributed by atoms with E-state index in [0.717, 1.165) is 18.1 Å². The van der Waals surface area contributed by atoms with Gasteiger partial charge in [-0.15, -0.1) is 0 Å². The second-order valence-electron chi connectivity index (χ2n) is 4.44. The lowest BCUT2D eigenvalue weighted by atomic mass is 10.2. The normalized spacial score (nSPS) is 25.8. The fraction of sp³-hybridized carbons (Fsp3) is 0.917. The van der Waals surface area contributed by atoms with Crippen LogP contribution >= 0.6 is 11.8 Å². The minimum atomic E-state index is -0.637. The topological polar surface area (TPSA) is 58.6 Å². The van der Waals surface area contributed by atoms with Gasteiger partial charge in [0.05, 0.1) is 19.1 Å². The molecule has 0 bridgehead atoms. The first-order valence-electron chi connectivity index (χ1n) is 6.25. The summed E-state index contributed by atoms with van der Waals surface area (Å²) in [6, 6.07) is 0.490. The molecular formula is C12H23NO3S. The van der Waals surface area contributed by atoms with Crippen LogP contribution < -0.4 is 5.32 Å². The van der Waals surface area contributed by atoms with Crippen molar-refractivity contribution in [2.45, 2.75) is 50.0 Å². The first-order valence-corrected chi connectivity index (χ1v) is 7.54. The lowest BCUT2D eigenvalue weighted by Crippen LogP contribution is -2.35. The van der Waals surface area contributed by atoms with Crippen LogP contribution in [0.1, 0.15) is 32.6 Å². The molecular weight excluding hydrogens is 238 g/mol. The highest BCUT2D eigenvalue weighted by atomic mass is 32.2. The van der Waals surface area contributed by atoms with E-state index in [0.29, 0.717) is 19.2 Å². The van der Waals surface area contributed by atoms with Crippen molar-refractivity contribution in [2.24, 2.45) is 0 Å². The van der Waals surface area contributed by atoms with Gasteiger partial charge >= 0.3 is 5.97 Å². The molecule has 1 aliphatic carbocycles. The Bertz CT molecular complexity index is 238. The molecule has 0 aromatic rings. The molecule has 0 saturated heterocycles. The highest BCUT2D eigenvalue weighted by Crippen LogP contribution is 2.27. The van der Waals surface area contributed by atoms with Crippen LogP contribution in [0, 0.1) is 0 Å². The Balaban J connectivity index is 2.11. The number of hydrogen-bond acceptors (Lipinski definition) is 5. The molecule has 4 nitrogen and oxygen atoms in total. The lowest BCUT2D eigenvalue weighted by Gasteiger charge is -2.16. The summed E-state index contributed by atoms with van der Waals surface area (Å²) in [6.45, 7) is 2.62. The summed E-state index contributed by atoms with van der Waals surface area (Å²) in [6.07, 6.45) is 5.15. The minimum Gasteiger partial charge on any atom is -0.466 e. The predicted octanol–water partition coefficient (Wildman–Crippen LogP) is 1.17. The smallest absolute Gasteiger partial charge is 0.308 e. The van der Waals surface area contributed by atoms with Gasteiger partial charge in [0.25, 0.3) is 0 Å². The van der Waals surface area contributed by atoms with Crippen molar-refractivity contribution < 1.29 is 14.6 Å². The average molecular weight is 261 g/mol. The largest absolute Gasteiger partial charge is 0.466 e. The van der Waals surface area contributed by atoms with Crippen molar-refractivity contribution in [3.05, 3.63) is 0 Å². The number of ether oxygens (including phenoxy) is 1. The third-order valence-electron chi connectivity index (χ3n) is 3.07. The standard InChI is InChI=1S/C12H23NO3S/c1-3-16-12(15)7-10(14)8-13-9-4-5-11(6-9)17-2/h9-11,13-14H,3-8H2,1-2H3. The van der Waals surface area contributed by atoms with Gasteiger partial charge in [-0.2, -0.15) is 11.8 Å². The molecule has 1 saturated carbocycles. The number of rotatable bonds is 7. The Hall–Kier alpha value is -0.260. The van der Waals surface area contributed by atoms with Gasteiger partial charge in [0.1, 0.15) is 0 Å². The zero-order chi connectivity index (χ0) is 12.7. The summed E-state index contributed by atoms with van der Waals surface area (Å²) in [7, 11) is 0. The Morgan fingerprint density at radius 1 is 1.59 bits per heavy atom. The summed E-state index contributed by atoms with van der Waals surface area (Å²) in [5.41, 5.74) is 0. The molecule has 1 rings (SSSR count). The molecule has 17 heavy (non-hydrogen) atoms. The van der Waals surface area contributed by atoms with Gasteiger partial charge in [0, 0.05) is 17.8 Å². The zero-order valence-corrected chi connectivity index (χ0v) is 11.5. The van der Waals surface area contributed by atoms with E-state index >= 15 is 0 Å². The Morgan fingerprint density at radius 3 is 2.94 bits per heavy atom. The minimum absolute atomic E-state index is 0.0829. The van der Waals surface area contributed by atoms with Crippen LogP contribution in [0.15, 0.2) is 0 Å². The number of thioether (sulfide) groups is 1. The summed E-state index contributed by atoms with van der Waals surface area (Å²) >= 11 is 1.91. The number of carbonyl (C=O) groups is 1. The van der Waals surface area contributed by atoms with E-state index < -0.39 is 6.10 Å². The number of hydrogen-bond donors (Lipinski definition) is 2. The maximum atomic E-state index is 11.1. The van der Waals surface area contributed by atoms with Gasteiger partial charge in [0.2, 0.25) is 0 Å².